The Labute approximate surface area is 111 Å². The van der Waals surface area contributed by atoms with Crippen LogP contribution < -0.4 is 0 Å². The van der Waals surface area contributed by atoms with Crippen LogP contribution in [0.5, 0.6) is 0 Å². The Bertz CT molecular complexity index is 572. The highest BCUT2D eigenvalue weighted by Gasteiger charge is 2.17. The van der Waals surface area contributed by atoms with Gasteiger partial charge in [-0.1, -0.05) is 18.2 Å². The number of ether oxygens (including phenoxy) is 1. The average Bonchev–Trinajstić information content (AvgIpc) is 2.82. The molecular formula is C13H16N4O2. The fourth-order valence-corrected chi connectivity index (χ4v) is 1.90. The van der Waals surface area contributed by atoms with Crippen molar-refractivity contribution in [2.24, 2.45) is 0 Å². The molecule has 1 heterocycles. The molecule has 2 aromatic rings. The molecule has 0 saturated carbocycles. The van der Waals surface area contributed by atoms with Gasteiger partial charge in [0.1, 0.15) is 0 Å². The predicted octanol–water partition coefficient (Wildman–Crippen LogP) is 1.51. The number of carbonyl (C=O) groups excluding carboxylic acids is 1. The summed E-state index contributed by atoms with van der Waals surface area (Å²) in [7, 11) is 0. The monoisotopic (exact) mass is 260 g/mol. The normalized spacial score (nSPS) is 10.5. The molecule has 0 aliphatic heterocycles. The third-order valence-electron chi connectivity index (χ3n) is 2.94. The van der Waals surface area contributed by atoms with Gasteiger partial charge in [0, 0.05) is 0 Å². The Morgan fingerprint density at radius 1 is 1.32 bits per heavy atom. The molecule has 0 N–H and O–H groups in total. The van der Waals surface area contributed by atoms with E-state index < -0.39 is 5.97 Å². The van der Waals surface area contributed by atoms with E-state index in [4.69, 9.17) is 4.74 Å². The minimum atomic E-state index is -0.501. The summed E-state index contributed by atoms with van der Waals surface area (Å²) in [4.78, 5) is 11.7. The lowest BCUT2D eigenvalue weighted by Gasteiger charge is -2.10. The van der Waals surface area contributed by atoms with Crippen LogP contribution in [-0.2, 0) is 11.3 Å². The number of carbonyl (C=O) groups is 1. The van der Waals surface area contributed by atoms with Crippen molar-refractivity contribution < 1.29 is 9.53 Å². The number of aryl methyl sites for hydroxylation is 2. The van der Waals surface area contributed by atoms with Crippen molar-refractivity contribution in [1.82, 2.24) is 20.2 Å². The number of rotatable bonds is 4. The lowest BCUT2D eigenvalue weighted by atomic mass is 10.0. The zero-order valence-corrected chi connectivity index (χ0v) is 11.3. The summed E-state index contributed by atoms with van der Waals surface area (Å²) >= 11 is 0. The topological polar surface area (TPSA) is 69.9 Å². The van der Waals surface area contributed by atoms with Crippen LogP contribution in [0.3, 0.4) is 0 Å². The first kappa shape index (κ1) is 13.2. The molecule has 100 valence electrons. The van der Waals surface area contributed by atoms with Crippen molar-refractivity contribution in [3.05, 3.63) is 40.7 Å². The summed E-state index contributed by atoms with van der Waals surface area (Å²) in [5, 5.41) is 11.1. The highest BCUT2D eigenvalue weighted by atomic mass is 16.5. The van der Waals surface area contributed by atoms with Gasteiger partial charge in [0.15, 0.2) is 0 Å². The van der Waals surface area contributed by atoms with E-state index in [0.717, 1.165) is 16.7 Å². The molecule has 0 amide bonds. The molecule has 0 aliphatic carbocycles. The first-order valence-corrected chi connectivity index (χ1v) is 6.12. The second kappa shape index (κ2) is 5.60. The third-order valence-corrected chi connectivity index (χ3v) is 2.94. The molecule has 2 rings (SSSR count). The Morgan fingerprint density at radius 3 is 2.63 bits per heavy atom. The predicted molar refractivity (Wildman–Crippen MR) is 68.8 cm³/mol. The maximum absolute atomic E-state index is 11.7. The minimum absolute atomic E-state index is 0.129. The van der Waals surface area contributed by atoms with Crippen LogP contribution in [0.1, 0.15) is 34.2 Å². The van der Waals surface area contributed by atoms with Crippen molar-refractivity contribution >= 4 is 5.97 Å². The van der Waals surface area contributed by atoms with Gasteiger partial charge in [-0.25, -0.2) is 9.48 Å². The summed E-state index contributed by atoms with van der Waals surface area (Å²) < 4.78 is 6.39. The molecule has 0 spiro atoms. The maximum atomic E-state index is 11.7. The van der Waals surface area contributed by atoms with Gasteiger partial charge in [0.25, 0.3) is 5.82 Å². The van der Waals surface area contributed by atoms with Crippen molar-refractivity contribution in [2.75, 3.05) is 6.61 Å². The highest BCUT2D eigenvalue weighted by Crippen LogP contribution is 2.15. The smallest absolute Gasteiger partial charge is 0.378 e. The molecule has 0 aliphatic rings. The summed E-state index contributed by atoms with van der Waals surface area (Å²) in [5.74, 6) is -0.372. The van der Waals surface area contributed by atoms with E-state index in [9.17, 15) is 4.79 Å². The van der Waals surface area contributed by atoms with E-state index in [1.807, 2.05) is 32.0 Å². The van der Waals surface area contributed by atoms with Crippen molar-refractivity contribution in [1.29, 1.82) is 0 Å². The molecule has 1 aromatic heterocycles. The first-order valence-electron chi connectivity index (χ1n) is 6.12. The number of tetrazole rings is 1. The summed E-state index contributed by atoms with van der Waals surface area (Å²) in [6, 6.07) is 6.05. The first-order chi connectivity index (χ1) is 9.13. The molecule has 0 fully saturated rings. The number of benzene rings is 1. The number of hydrogen-bond acceptors (Lipinski definition) is 5. The zero-order chi connectivity index (χ0) is 13.8. The van der Waals surface area contributed by atoms with Crippen molar-refractivity contribution in [2.45, 2.75) is 27.3 Å². The van der Waals surface area contributed by atoms with E-state index in [2.05, 4.69) is 15.5 Å². The number of esters is 1. The molecule has 0 saturated heterocycles. The highest BCUT2D eigenvalue weighted by molar-refractivity contribution is 5.85. The molecular weight excluding hydrogens is 244 g/mol. The second-order valence-electron chi connectivity index (χ2n) is 4.25. The van der Waals surface area contributed by atoms with Gasteiger partial charge in [0.05, 0.1) is 13.2 Å². The van der Waals surface area contributed by atoms with Crippen LogP contribution >= 0.6 is 0 Å². The molecule has 0 atom stereocenters. The van der Waals surface area contributed by atoms with E-state index in [1.54, 1.807) is 6.92 Å². The van der Waals surface area contributed by atoms with Gasteiger partial charge in [0.2, 0.25) is 0 Å². The largest absolute Gasteiger partial charge is 0.460 e. The van der Waals surface area contributed by atoms with E-state index in [0.29, 0.717) is 13.2 Å². The molecule has 0 radical (unpaired) electrons. The lowest BCUT2D eigenvalue weighted by Crippen LogP contribution is -2.16. The van der Waals surface area contributed by atoms with Crippen LogP contribution in [0.2, 0.25) is 0 Å². The third kappa shape index (κ3) is 2.78. The van der Waals surface area contributed by atoms with Gasteiger partial charge in [-0.15, -0.1) is 5.10 Å². The Hall–Kier alpha value is -2.24. The van der Waals surface area contributed by atoms with Gasteiger partial charge in [-0.2, -0.15) is 0 Å². The van der Waals surface area contributed by atoms with E-state index in [1.165, 1.54) is 4.68 Å². The fraction of sp³-hybridized carbons (Fsp3) is 0.385. The molecule has 0 unspecified atom stereocenters. The van der Waals surface area contributed by atoms with Crippen molar-refractivity contribution in [3.8, 4) is 0 Å². The summed E-state index contributed by atoms with van der Waals surface area (Å²) in [6.45, 7) is 6.56. The van der Waals surface area contributed by atoms with E-state index in [-0.39, 0.29) is 5.82 Å². The Morgan fingerprint density at radius 2 is 2.00 bits per heavy atom. The fourth-order valence-electron chi connectivity index (χ4n) is 1.90. The van der Waals surface area contributed by atoms with Gasteiger partial charge >= 0.3 is 5.97 Å². The Kier molecular flexibility index (Phi) is 3.89. The van der Waals surface area contributed by atoms with Crippen LogP contribution in [0, 0.1) is 13.8 Å². The van der Waals surface area contributed by atoms with E-state index >= 15 is 0 Å². The van der Waals surface area contributed by atoms with Crippen LogP contribution in [0.15, 0.2) is 18.2 Å². The molecule has 6 heteroatoms. The van der Waals surface area contributed by atoms with Gasteiger partial charge in [-0.3, -0.25) is 0 Å². The summed E-state index contributed by atoms with van der Waals surface area (Å²) in [6.07, 6.45) is 0. The van der Waals surface area contributed by atoms with Crippen molar-refractivity contribution in [3.63, 3.8) is 0 Å². The second-order valence-corrected chi connectivity index (χ2v) is 4.25. The minimum Gasteiger partial charge on any atom is -0.460 e. The number of hydrogen-bond donors (Lipinski definition) is 0. The van der Waals surface area contributed by atoms with Crippen LogP contribution in [-0.4, -0.2) is 32.8 Å². The van der Waals surface area contributed by atoms with Gasteiger partial charge in [-0.05, 0) is 47.9 Å². The molecule has 19 heavy (non-hydrogen) atoms. The molecule has 6 nitrogen and oxygen atoms in total. The number of aromatic nitrogens is 4. The molecule has 1 aromatic carbocycles. The SMILES string of the molecule is CCOC(=O)c1nnnn1Cc1c(C)cccc1C. The Balaban J connectivity index is 2.30. The zero-order valence-electron chi connectivity index (χ0n) is 11.3. The molecule has 0 bridgehead atoms. The number of nitrogens with zero attached hydrogens (tertiary/aromatic N) is 4. The van der Waals surface area contributed by atoms with Crippen LogP contribution in [0.4, 0.5) is 0 Å². The average molecular weight is 260 g/mol. The summed E-state index contributed by atoms with van der Waals surface area (Å²) in [5.41, 5.74) is 3.40. The standard InChI is InChI=1S/C13H16N4O2/c1-4-19-13(18)12-14-15-16-17(12)8-11-9(2)6-5-7-10(11)3/h5-7H,4,8H2,1-3H3. The van der Waals surface area contributed by atoms with Crippen LogP contribution in [0.25, 0.3) is 0 Å². The maximum Gasteiger partial charge on any atom is 0.378 e. The quantitative estimate of drug-likeness (QED) is 0.779. The van der Waals surface area contributed by atoms with Gasteiger partial charge < -0.3 is 4.74 Å². The lowest BCUT2D eigenvalue weighted by molar-refractivity contribution is 0.0505.